The Hall–Kier alpha value is -1.75. The van der Waals surface area contributed by atoms with Crippen LogP contribution >= 0.6 is 11.6 Å². The number of halogens is 1. The molecule has 1 saturated heterocycles. The largest absolute Gasteiger partial charge is 0.354 e. The molecule has 0 bridgehead atoms. The molecule has 0 radical (unpaired) electrons. The van der Waals surface area contributed by atoms with Crippen LogP contribution in [0.4, 0.5) is 4.79 Å². The summed E-state index contributed by atoms with van der Waals surface area (Å²) in [6.07, 6.45) is 2.57. The third kappa shape index (κ3) is 4.37. The van der Waals surface area contributed by atoms with E-state index in [4.69, 9.17) is 11.6 Å². The van der Waals surface area contributed by atoms with E-state index >= 15 is 0 Å². The second-order valence-electron chi connectivity index (χ2n) is 5.39. The molecule has 120 valence electrons. The van der Waals surface area contributed by atoms with Crippen LogP contribution in [0.5, 0.6) is 0 Å². The lowest BCUT2D eigenvalue weighted by Gasteiger charge is -2.25. The Morgan fingerprint density at radius 3 is 2.91 bits per heavy atom. The lowest BCUT2D eigenvalue weighted by atomic mass is 10.1. The highest BCUT2D eigenvalue weighted by atomic mass is 35.5. The zero-order valence-electron chi connectivity index (χ0n) is 12.8. The van der Waals surface area contributed by atoms with Gasteiger partial charge in [-0.3, -0.25) is 4.79 Å². The minimum atomic E-state index is -0.449. The van der Waals surface area contributed by atoms with Gasteiger partial charge in [-0.15, -0.1) is 0 Å². The third-order valence-electron chi connectivity index (χ3n) is 3.82. The number of hydrogen-bond acceptors (Lipinski definition) is 2. The van der Waals surface area contributed by atoms with Crippen molar-refractivity contribution in [2.24, 2.45) is 0 Å². The molecule has 0 aliphatic carbocycles. The molecule has 1 heterocycles. The van der Waals surface area contributed by atoms with Gasteiger partial charge in [0.1, 0.15) is 6.04 Å². The fraction of sp³-hybridized carbons (Fsp3) is 0.500. The van der Waals surface area contributed by atoms with Gasteiger partial charge in [0.2, 0.25) is 5.91 Å². The SMILES string of the molecule is CCN(Cc1ccccc1Cl)C(=O)NC1CCCCNC1=O. The first kappa shape index (κ1) is 16.6. The second kappa shape index (κ2) is 8.03. The van der Waals surface area contributed by atoms with Gasteiger partial charge in [0.25, 0.3) is 0 Å². The Labute approximate surface area is 136 Å². The molecule has 5 nitrogen and oxygen atoms in total. The Bertz CT molecular complexity index is 536. The Morgan fingerprint density at radius 2 is 2.18 bits per heavy atom. The van der Waals surface area contributed by atoms with E-state index in [1.165, 1.54) is 0 Å². The lowest BCUT2D eigenvalue weighted by molar-refractivity contribution is -0.122. The number of nitrogens with zero attached hydrogens (tertiary/aromatic N) is 1. The predicted molar refractivity (Wildman–Crippen MR) is 86.7 cm³/mol. The molecule has 1 unspecified atom stereocenters. The minimum Gasteiger partial charge on any atom is -0.354 e. The van der Waals surface area contributed by atoms with Crippen molar-refractivity contribution in [3.8, 4) is 0 Å². The molecular formula is C16H22ClN3O2. The molecule has 1 aromatic rings. The zero-order valence-corrected chi connectivity index (χ0v) is 13.5. The van der Waals surface area contributed by atoms with Gasteiger partial charge in [-0.05, 0) is 37.8 Å². The summed E-state index contributed by atoms with van der Waals surface area (Å²) in [4.78, 5) is 26.0. The summed E-state index contributed by atoms with van der Waals surface area (Å²) in [6, 6.07) is 6.78. The Kier molecular flexibility index (Phi) is 6.07. The molecule has 0 aromatic heterocycles. The summed E-state index contributed by atoms with van der Waals surface area (Å²) >= 11 is 6.14. The second-order valence-corrected chi connectivity index (χ2v) is 5.80. The molecule has 0 saturated carbocycles. The number of benzene rings is 1. The van der Waals surface area contributed by atoms with Crippen LogP contribution in [-0.2, 0) is 11.3 Å². The van der Waals surface area contributed by atoms with Gasteiger partial charge in [0.15, 0.2) is 0 Å². The number of hydrogen-bond donors (Lipinski definition) is 2. The van der Waals surface area contributed by atoms with Gasteiger partial charge in [0.05, 0.1) is 0 Å². The highest BCUT2D eigenvalue weighted by Gasteiger charge is 2.24. The topological polar surface area (TPSA) is 61.4 Å². The van der Waals surface area contributed by atoms with E-state index in [1.807, 2.05) is 25.1 Å². The summed E-state index contributed by atoms with van der Waals surface area (Å²) < 4.78 is 0. The van der Waals surface area contributed by atoms with Crippen molar-refractivity contribution in [2.75, 3.05) is 13.1 Å². The van der Waals surface area contributed by atoms with Crippen molar-refractivity contribution in [2.45, 2.75) is 38.8 Å². The molecule has 1 aliphatic rings. The van der Waals surface area contributed by atoms with Gasteiger partial charge in [-0.25, -0.2) is 4.79 Å². The highest BCUT2D eigenvalue weighted by Crippen LogP contribution is 2.17. The van der Waals surface area contributed by atoms with Gasteiger partial charge >= 0.3 is 6.03 Å². The van der Waals surface area contributed by atoms with Crippen molar-refractivity contribution in [1.82, 2.24) is 15.5 Å². The number of amides is 3. The normalized spacial score (nSPS) is 18.3. The number of urea groups is 1. The van der Waals surface area contributed by atoms with Crippen molar-refractivity contribution in [1.29, 1.82) is 0 Å². The molecular weight excluding hydrogens is 302 g/mol. The summed E-state index contributed by atoms with van der Waals surface area (Å²) in [5.41, 5.74) is 0.895. The third-order valence-corrected chi connectivity index (χ3v) is 4.19. The fourth-order valence-electron chi connectivity index (χ4n) is 2.48. The van der Waals surface area contributed by atoms with Gasteiger partial charge < -0.3 is 15.5 Å². The van der Waals surface area contributed by atoms with E-state index in [0.717, 1.165) is 18.4 Å². The van der Waals surface area contributed by atoms with E-state index in [0.29, 0.717) is 31.1 Å². The monoisotopic (exact) mass is 323 g/mol. The van der Waals surface area contributed by atoms with Crippen LogP contribution in [0.15, 0.2) is 24.3 Å². The molecule has 1 aliphatic heterocycles. The maximum Gasteiger partial charge on any atom is 0.318 e. The molecule has 1 aromatic carbocycles. The summed E-state index contributed by atoms with van der Waals surface area (Å²) in [5.74, 6) is -0.0975. The predicted octanol–water partition coefficient (Wildman–Crippen LogP) is 2.54. The van der Waals surface area contributed by atoms with Gasteiger partial charge in [-0.1, -0.05) is 29.8 Å². The van der Waals surface area contributed by atoms with E-state index in [9.17, 15) is 9.59 Å². The maximum atomic E-state index is 12.4. The quantitative estimate of drug-likeness (QED) is 0.894. The first-order valence-electron chi connectivity index (χ1n) is 7.68. The van der Waals surface area contributed by atoms with Crippen LogP contribution in [0, 0.1) is 0 Å². The van der Waals surface area contributed by atoms with Crippen molar-refractivity contribution in [3.05, 3.63) is 34.9 Å². The average Bonchev–Trinajstić information content (AvgIpc) is 2.71. The summed E-state index contributed by atoms with van der Waals surface area (Å²) in [7, 11) is 0. The fourth-order valence-corrected chi connectivity index (χ4v) is 2.67. The Morgan fingerprint density at radius 1 is 1.41 bits per heavy atom. The number of rotatable bonds is 4. The summed E-state index contributed by atoms with van der Waals surface area (Å²) in [6.45, 7) is 3.56. The minimum absolute atomic E-state index is 0.0975. The van der Waals surface area contributed by atoms with Gasteiger partial charge in [0, 0.05) is 24.7 Å². The molecule has 2 rings (SSSR count). The van der Waals surface area contributed by atoms with Crippen LogP contribution in [0.1, 0.15) is 31.7 Å². The van der Waals surface area contributed by atoms with Crippen molar-refractivity contribution in [3.63, 3.8) is 0 Å². The molecule has 1 atom stereocenters. The van der Waals surface area contributed by atoms with Gasteiger partial charge in [-0.2, -0.15) is 0 Å². The first-order valence-corrected chi connectivity index (χ1v) is 8.06. The molecule has 3 amide bonds. The molecule has 2 N–H and O–H groups in total. The van der Waals surface area contributed by atoms with Crippen LogP contribution < -0.4 is 10.6 Å². The van der Waals surface area contributed by atoms with Crippen LogP contribution in [0.3, 0.4) is 0 Å². The van der Waals surface area contributed by atoms with Crippen LogP contribution in [0.25, 0.3) is 0 Å². The van der Waals surface area contributed by atoms with Crippen LogP contribution in [-0.4, -0.2) is 36.0 Å². The van der Waals surface area contributed by atoms with Crippen molar-refractivity contribution >= 4 is 23.5 Å². The average molecular weight is 324 g/mol. The smallest absolute Gasteiger partial charge is 0.318 e. The highest BCUT2D eigenvalue weighted by molar-refractivity contribution is 6.31. The maximum absolute atomic E-state index is 12.4. The van der Waals surface area contributed by atoms with E-state index in [-0.39, 0.29) is 11.9 Å². The summed E-state index contributed by atoms with van der Waals surface area (Å²) in [5, 5.41) is 6.29. The molecule has 0 spiro atoms. The number of nitrogens with one attached hydrogen (secondary N) is 2. The molecule has 1 fully saturated rings. The van der Waals surface area contributed by atoms with E-state index < -0.39 is 6.04 Å². The number of carbonyl (C=O) groups is 2. The van der Waals surface area contributed by atoms with Crippen LogP contribution in [0.2, 0.25) is 5.02 Å². The Balaban J connectivity index is 1.99. The van der Waals surface area contributed by atoms with E-state index in [1.54, 1.807) is 11.0 Å². The lowest BCUT2D eigenvalue weighted by Crippen LogP contribution is -2.50. The molecule has 6 heteroatoms. The molecule has 22 heavy (non-hydrogen) atoms. The number of carbonyl (C=O) groups excluding carboxylic acids is 2. The van der Waals surface area contributed by atoms with Crippen molar-refractivity contribution < 1.29 is 9.59 Å². The standard InChI is InChI=1S/C16H22ClN3O2/c1-2-20(11-12-7-3-4-8-13(12)17)16(22)19-14-9-5-6-10-18-15(14)21/h3-4,7-8,14H,2,5-6,9-11H2,1H3,(H,18,21)(H,19,22). The zero-order chi connectivity index (χ0) is 15.9. The van der Waals surface area contributed by atoms with E-state index in [2.05, 4.69) is 10.6 Å². The first-order chi connectivity index (χ1) is 10.6.